The molecular formula is C36H20F9N. The summed E-state index contributed by atoms with van der Waals surface area (Å²) >= 11 is 0. The molecule has 1 heterocycles. The Morgan fingerprint density at radius 3 is 1.20 bits per heavy atom. The van der Waals surface area contributed by atoms with E-state index in [2.05, 4.69) is 4.98 Å². The quantitative estimate of drug-likeness (QED) is 0.175. The van der Waals surface area contributed by atoms with E-state index in [0.717, 1.165) is 34.2 Å². The van der Waals surface area contributed by atoms with E-state index in [0.29, 0.717) is 34.3 Å². The first-order valence-electron chi connectivity index (χ1n) is 13.7. The zero-order valence-electron chi connectivity index (χ0n) is 23.4. The highest BCUT2D eigenvalue weighted by molar-refractivity contribution is 5.88. The molecule has 0 unspecified atom stereocenters. The number of hydrogen-bond donors (Lipinski definition) is 0. The molecule has 232 valence electrons. The maximum atomic E-state index is 13.3. The molecule has 0 amide bonds. The van der Waals surface area contributed by atoms with Gasteiger partial charge in [-0.25, -0.2) is 0 Å². The van der Waals surface area contributed by atoms with Gasteiger partial charge in [-0.05, 0) is 81.4 Å². The molecular weight excluding hydrogens is 617 g/mol. The summed E-state index contributed by atoms with van der Waals surface area (Å²) in [5.74, 6) is 0. The molecule has 46 heavy (non-hydrogen) atoms. The predicted octanol–water partition coefficient (Wildman–Crippen LogP) is 12.0. The Hall–Kier alpha value is -5.12. The monoisotopic (exact) mass is 637 g/mol. The van der Waals surface area contributed by atoms with Gasteiger partial charge in [-0.15, -0.1) is 0 Å². The molecule has 5 aromatic carbocycles. The van der Waals surface area contributed by atoms with Gasteiger partial charge in [-0.2, -0.15) is 39.5 Å². The van der Waals surface area contributed by atoms with Gasteiger partial charge in [0.2, 0.25) is 0 Å². The standard InChI is InChI=1S/C36H20F9N/c37-34(38,39)30-13-11-22(12-14-30)21-1-3-23(4-2-21)26-9-10-27-15-29(20-46-33(27)18-26)25-7-5-24(6-8-25)28-16-31(35(40,41)42)19-32(17-28)36(43,44)45/h1-20H. The van der Waals surface area contributed by atoms with E-state index in [-0.39, 0.29) is 17.2 Å². The van der Waals surface area contributed by atoms with Crippen molar-refractivity contribution in [1.82, 2.24) is 4.98 Å². The average Bonchev–Trinajstić information content (AvgIpc) is 3.03. The van der Waals surface area contributed by atoms with Crippen LogP contribution >= 0.6 is 0 Å². The molecule has 1 aromatic heterocycles. The largest absolute Gasteiger partial charge is 0.416 e. The number of aromatic nitrogens is 1. The first kappa shape index (κ1) is 30.9. The maximum Gasteiger partial charge on any atom is 0.416 e. The van der Waals surface area contributed by atoms with Crippen LogP contribution in [0.5, 0.6) is 0 Å². The van der Waals surface area contributed by atoms with Crippen molar-refractivity contribution in [3.8, 4) is 44.5 Å². The third-order valence-electron chi connectivity index (χ3n) is 7.59. The molecule has 0 radical (unpaired) electrons. The lowest BCUT2D eigenvalue weighted by Gasteiger charge is -2.14. The van der Waals surface area contributed by atoms with Crippen LogP contribution in [0.2, 0.25) is 0 Å². The van der Waals surface area contributed by atoms with Crippen molar-refractivity contribution in [2.24, 2.45) is 0 Å². The van der Waals surface area contributed by atoms with Gasteiger partial charge in [0.05, 0.1) is 22.2 Å². The van der Waals surface area contributed by atoms with Crippen molar-refractivity contribution in [2.75, 3.05) is 0 Å². The molecule has 0 fully saturated rings. The van der Waals surface area contributed by atoms with E-state index < -0.39 is 35.2 Å². The molecule has 0 bridgehead atoms. The van der Waals surface area contributed by atoms with Crippen molar-refractivity contribution >= 4 is 10.9 Å². The van der Waals surface area contributed by atoms with Gasteiger partial charge in [-0.3, -0.25) is 4.98 Å². The Morgan fingerprint density at radius 1 is 0.326 bits per heavy atom. The summed E-state index contributed by atoms with van der Waals surface area (Å²) in [4.78, 5) is 4.55. The Kier molecular flexibility index (Phi) is 7.62. The Labute approximate surface area is 256 Å². The van der Waals surface area contributed by atoms with Gasteiger partial charge >= 0.3 is 18.5 Å². The summed E-state index contributed by atoms with van der Waals surface area (Å²) in [5.41, 5.74) is 1.75. The van der Waals surface area contributed by atoms with Crippen LogP contribution < -0.4 is 0 Å². The minimum absolute atomic E-state index is 0.0996. The topological polar surface area (TPSA) is 12.9 Å². The first-order chi connectivity index (χ1) is 21.6. The highest BCUT2D eigenvalue weighted by Crippen LogP contribution is 2.39. The van der Waals surface area contributed by atoms with Crippen LogP contribution in [0.1, 0.15) is 16.7 Å². The number of pyridine rings is 1. The van der Waals surface area contributed by atoms with Crippen LogP contribution in [0.15, 0.2) is 121 Å². The van der Waals surface area contributed by atoms with Crippen LogP contribution in [0.3, 0.4) is 0 Å². The lowest BCUT2D eigenvalue weighted by molar-refractivity contribution is -0.143. The van der Waals surface area contributed by atoms with Gasteiger partial charge in [0, 0.05) is 17.1 Å². The van der Waals surface area contributed by atoms with Gasteiger partial charge in [0.1, 0.15) is 0 Å². The van der Waals surface area contributed by atoms with Crippen molar-refractivity contribution in [3.05, 3.63) is 138 Å². The number of rotatable bonds is 4. The molecule has 0 aliphatic heterocycles. The number of halogens is 9. The second kappa shape index (κ2) is 11.3. The molecule has 0 saturated heterocycles. The fourth-order valence-electron chi connectivity index (χ4n) is 5.14. The second-order valence-electron chi connectivity index (χ2n) is 10.7. The molecule has 0 saturated carbocycles. The zero-order chi connectivity index (χ0) is 32.9. The molecule has 10 heteroatoms. The normalized spacial score (nSPS) is 12.5. The van der Waals surface area contributed by atoms with Crippen LogP contribution in [-0.4, -0.2) is 4.98 Å². The second-order valence-corrected chi connectivity index (χ2v) is 10.7. The summed E-state index contributed by atoms with van der Waals surface area (Å²) in [7, 11) is 0. The SMILES string of the molecule is FC(F)(F)c1ccc(-c2ccc(-c3ccc4cc(-c5ccc(-c6cc(C(F)(F)F)cc(C(F)(F)F)c6)cc5)cnc4c3)cc2)cc1. The molecule has 6 rings (SSSR count). The average molecular weight is 638 g/mol. The van der Waals surface area contributed by atoms with E-state index in [1.165, 1.54) is 24.3 Å². The van der Waals surface area contributed by atoms with Crippen LogP contribution in [0, 0.1) is 0 Å². The van der Waals surface area contributed by atoms with E-state index in [4.69, 9.17) is 0 Å². The highest BCUT2D eigenvalue weighted by atomic mass is 19.4. The molecule has 0 aliphatic carbocycles. The van der Waals surface area contributed by atoms with Gasteiger partial charge in [-0.1, -0.05) is 72.8 Å². The minimum Gasteiger partial charge on any atom is -0.256 e. The van der Waals surface area contributed by atoms with Gasteiger partial charge in [0.25, 0.3) is 0 Å². The van der Waals surface area contributed by atoms with Crippen LogP contribution in [0.25, 0.3) is 55.4 Å². The maximum absolute atomic E-state index is 13.3. The number of hydrogen-bond acceptors (Lipinski definition) is 1. The Morgan fingerprint density at radius 2 is 0.717 bits per heavy atom. The molecule has 0 N–H and O–H groups in total. The zero-order valence-corrected chi connectivity index (χ0v) is 23.4. The van der Waals surface area contributed by atoms with Crippen molar-refractivity contribution in [2.45, 2.75) is 18.5 Å². The van der Waals surface area contributed by atoms with Crippen molar-refractivity contribution < 1.29 is 39.5 Å². The summed E-state index contributed by atoms with van der Waals surface area (Å²) < 4.78 is 118. The number of fused-ring (bicyclic) bond motifs is 1. The minimum atomic E-state index is -4.94. The molecule has 0 spiro atoms. The lowest BCUT2D eigenvalue weighted by atomic mass is 9.96. The molecule has 0 atom stereocenters. The summed E-state index contributed by atoms with van der Waals surface area (Å²) in [5, 5.41) is 0.805. The third kappa shape index (κ3) is 6.47. The van der Waals surface area contributed by atoms with E-state index in [9.17, 15) is 39.5 Å². The van der Waals surface area contributed by atoms with Crippen molar-refractivity contribution in [3.63, 3.8) is 0 Å². The van der Waals surface area contributed by atoms with E-state index in [1.54, 1.807) is 18.3 Å². The molecule has 1 nitrogen and oxygen atoms in total. The van der Waals surface area contributed by atoms with Crippen LogP contribution in [0.4, 0.5) is 39.5 Å². The fraction of sp³-hybridized carbons (Fsp3) is 0.0833. The number of alkyl halides is 9. The third-order valence-corrected chi connectivity index (χ3v) is 7.59. The van der Waals surface area contributed by atoms with Crippen molar-refractivity contribution in [1.29, 1.82) is 0 Å². The fourth-order valence-corrected chi connectivity index (χ4v) is 5.14. The van der Waals surface area contributed by atoms with E-state index in [1.807, 2.05) is 48.5 Å². The summed E-state index contributed by atoms with van der Waals surface area (Å²) in [6.07, 6.45) is -12.7. The van der Waals surface area contributed by atoms with Gasteiger partial charge < -0.3 is 0 Å². The molecule has 0 aliphatic rings. The number of nitrogens with zero attached hydrogens (tertiary/aromatic N) is 1. The lowest BCUT2D eigenvalue weighted by Crippen LogP contribution is -2.11. The Balaban J connectivity index is 1.23. The van der Waals surface area contributed by atoms with Crippen LogP contribution in [-0.2, 0) is 18.5 Å². The predicted molar refractivity (Wildman–Crippen MR) is 158 cm³/mol. The summed E-state index contributed by atoms with van der Waals surface area (Å²) in [6.45, 7) is 0. The highest BCUT2D eigenvalue weighted by Gasteiger charge is 2.37. The smallest absolute Gasteiger partial charge is 0.256 e. The number of benzene rings is 5. The first-order valence-corrected chi connectivity index (χ1v) is 13.7. The van der Waals surface area contributed by atoms with Gasteiger partial charge in [0.15, 0.2) is 0 Å². The molecule has 6 aromatic rings. The Bertz CT molecular complexity index is 1990. The summed E-state index contributed by atoms with van der Waals surface area (Å²) in [6, 6.07) is 27.5. The van der Waals surface area contributed by atoms with E-state index >= 15 is 0 Å².